The van der Waals surface area contributed by atoms with Crippen molar-refractivity contribution in [1.29, 1.82) is 0 Å². The molecule has 130 valence electrons. The van der Waals surface area contributed by atoms with E-state index in [-0.39, 0.29) is 0 Å². The van der Waals surface area contributed by atoms with E-state index in [1.807, 2.05) is 47.0 Å². The minimum atomic E-state index is 0.300. The Bertz CT molecular complexity index is 1130. The first-order chi connectivity index (χ1) is 12.5. The number of aromatic nitrogens is 4. The Morgan fingerprint density at radius 2 is 1.85 bits per heavy atom. The van der Waals surface area contributed by atoms with E-state index < -0.39 is 0 Å². The second-order valence-electron chi connectivity index (χ2n) is 5.61. The largest absolute Gasteiger partial charge is 0.304 e. The van der Waals surface area contributed by atoms with Gasteiger partial charge in [-0.05, 0) is 35.9 Å². The van der Waals surface area contributed by atoms with Gasteiger partial charge in [-0.15, -0.1) is 0 Å². The van der Waals surface area contributed by atoms with E-state index in [9.17, 15) is 0 Å². The molecule has 0 atom stereocenters. The van der Waals surface area contributed by atoms with Gasteiger partial charge >= 0.3 is 0 Å². The second kappa shape index (κ2) is 7.16. The Labute approximate surface area is 172 Å². The van der Waals surface area contributed by atoms with Crippen molar-refractivity contribution in [3.63, 3.8) is 0 Å². The summed E-state index contributed by atoms with van der Waals surface area (Å²) in [5, 5.41) is 1.54. The molecule has 0 fully saturated rings. The Morgan fingerprint density at radius 3 is 2.62 bits per heavy atom. The lowest BCUT2D eigenvalue weighted by Crippen LogP contribution is -2.03. The van der Waals surface area contributed by atoms with Crippen LogP contribution in [0.4, 0.5) is 0 Å². The number of fused-ring (bicyclic) bond motifs is 1. The van der Waals surface area contributed by atoms with E-state index in [1.165, 1.54) is 6.33 Å². The van der Waals surface area contributed by atoms with Crippen LogP contribution in [0.25, 0.3) is 22.6 Å². The predicted octanol–water partition coefficient (Wildman–Crippen LogP) is 6.26. The summed E-state index contributed by atoms with van der Waals surface area (Å²) in [4.78, 5) is 13.1. The maximum Gasteiger partial charge on any atom is 0.165 e. The molecule has 0 aliphatic heterocycles. The zero-order valence-electron chi connectivity index (χ0n) is 13.1. The van der Waals surface area contributed by atoms with Gasteiger partial charge in [-0.1, -0.05) is 62.9 Å². The zero-order chi connectivity index (χ0) is 18.3. The van der Waals surface area contributed by atoms with Crippen LogP contribution in [0.5, 0.6) is 0 Å². The van der Waals surface area contributed by atoms with Gasteiger partial charge in [-0.2, -0.15) is 0 Å². The average molecular weight is 469 g/mol. The van der Waals surface area contributed by atoms with Crippen LogP contribution < -0.4 is 0 Å². The van der Waals surface area contributed by atoms with Crippen molar-refractivity contribution in [2.24, 2.45) is 0 Å². The van der Waals surface area contributed by atoms with Gasteiger partial charge in [0, 0.05) is 15.1 Å². The molecule has 2 aromatic carbocycles. The molecule has 4 aromatic rings. The average Bonchev–Trinajstić information content (AvgIpc) is 2.95. The summed E-state index contributed by atoms with van der Waals surface area (Å²) in [7, 11) is 0. The van der Waals surface area contributed by atoms with Gasteiger partial charge in [0.2, 0.25) is 0 Å². The van der Waals surface area contributed by atoms with Crippen LogP contribution in [-0.2, 0) is 6.54 Å². The Hall–Kier alpha value is -1.66. The van der Waals surface area contributed by atoms with E-state index in [1.54, 1.807) is 0 Å². The summed E-state index contributed by atoms with van der Waals surface area (Å²) in [5.74, 6) is 0.667. The van der Waals surface area contributed by atoms with E-state index in [0.29, 0.717) is 38.7 Å². The minimum absolute atomic E-state index is 0.300. The molecule has 0 unspecified atom stereocenters. The maximum atomic E-state index is 6.46. The molecule has 0 amide bonds. The summed E-state index contributed by atoms with van der Waals surface area (Å²) < 4.78 is 2.85. The lowest BCUT2D eigenvalue weighted by Gasteiger charge is -2.10. The number of hydrogen-bond donors (Lipinski definition) is 0. The molecule has 2 heterocycles. The van der Waals surface area contributed by atoms with Gasteiger partial charge in [0.05, 0.1) is 11.6 Å². The molecule has 4 rings (SSSR count). The van der Waals surface area contributed by atoms with Gasteiger partial charge in [-0.3, -0.25) is 0 Å². The minimum Gasteiger partial charge on any atom is -0.304 e. The van der Waals surface area contributed by atoms with Crippen LogP contribution >= 0.6 is 50.7 Å². The normalized spacial score (nSPS) is 11.2. The molecule has 0 N–H and O–H groups in total. The number of nitrogens with zero attached hydrogens (tertiary/aromatic N) is 4. The van der Waals surface area contributed by atoms with E-state index in [0.717, 1.165) is 15.6 Å². The summed E-state index contributed by atoms with van der Waals surface area (Å²) in [5.41, 5.74) is 2.97. The smallest absolute Gasteiger partial charge is 0.165 e. The summed E-state index contributed by atoms with van der Waals surface area (Å²) >= 11 is 22.2. The number of benzene rings is 2. The molecule has 26 heavy (non-hydrogen) atoms. The summed E-state index contributed by atoms with van der Waals surface area (Å²) in [6.07, 6.45) is 1.42. The first-order valence-electron chi connectivity index (χ1n) is 7.59. The van der Waals surface area contributed by atoms with Crippen LogP contribution in [0.15, 0.2) is 53.3 Å². The Balaban J connectivity index is 1.95. The zero-order valence-corrected chi connectivity index (χ0v) is 17.0. The third kappa shape index (κ3) is 3.32. The fourth-order valence-electron chi connectivity index (χ4n) is 2.75. The number of hydrogen-bond acceptors (Lipinski definition) is 3. The third-order valence-corrected chi connectivity index (χ3v) is 5.21. The van der Waals surface area contributed by atoms with Crippen molar-refractivity contribution in [2.75, 3.05) is 0 Å². The highest BCUT2D eigenvalue weighted by Gasteiger charge is 2.19. The van der Waals surface area contributed by atoms with Crippen molar-refractivity contribution < 1.29 is 0 Å². The van der Waals surface area contributed by atoms with E-state index in [2.05, 4.69) is 30.9 Å². The highest BCUT2D eigenvalue weighted by molar-refractivity contribution is 9.10. The monoisotopic (exact) mass is 466 g/mol. The molecule has 0 radical (unpaired) electrons. The topological polar surface area (TPSA) is 43.6 Å². The van der Waals surface area contributed by atoms with Gasteiger partial charge in [0.1, 0.15) is 17.7 Å². The molecular formula is C18H10BrCl3N4. The maximum absolute atomic E-state index is 6.46. The van der Waals surface area contributed by atoms with Crippen molar-refractivity contribution in [3.8, 4) is 11.4 Å². The fourth-order valence-corrected chi connectivity index (χ4v) is 3.89. The lowest BCUT2D eigenvalue weighted by molar-refractivity contribution is 0.822. The van der Waals surface area contributed by atoms with Crippen LogP contribution in [0.3, 0.4) is 0 Å². The van der Waals surface area contributed by atoms with Crippen LogP contribution in [0, 0.1) is 0 Å². The molecule has 0 aliphatic carbocycles. The van der Waals surface area contributed by atoms with Gasteiger partial charge in [0.25, 0.3) is 0 Å². The van der Waals surface area contributed by atoms with Crippen molar-refractivity contribution >= 4 is 61.9 Å². The van der Waals surface area contributed by atoms with E-state index >= 15 is 0 Å². The summed E-state index contributed by atoms with van der Waals surface area (Å²) in [6, 6.07) is 13.3. The molecule has 4 nitrogen and oxygen atoms in total. The van der Waals surface area contributed by atoms with Gasteiger partial charge in [0.15, 0.2) is 10.8 Å². The Kier molecular flexibility index (Phi) is 4.88. The SMILES string of the molecule is Clc1cccc(Cn2c(-c3ccc(Br)cc3Cl)nc3c(Cl)ncnc32)c1. The standard InChI is InChI=1S/C18H10BrCl3N4/c19-11-4-5-13(14(21)7-11)17-25-15-16(22)23-9-24-18(15)26(17)8-10-2-1-3-12(20)6-10/h1-7,9H,8H2. The van der Waals surface area contributed by atoms with Crippen LogP contribution in [0.1, 0.15) is 5.56 Å². The summed E-state index contributed by atoms with van der Waals surface area (Å²) in [6.45, 7) is 0.520. The molecule has 0 aliphatic rings. The van der Waals surface area contributed by atoms with E-state index in [4.69, 9.17) is 34.8 Å². The second-order valence-corrected chi connectivity index (χ2v) is 7.73. The molecule has 2 aromatic heterocycles. The van der Waals surface area contributed by atoms with Crippen molar-refractivity contribution in [1.82, 2.24) is 19.5 Å². The van der Waals surface area contributed by atoms with Crippen LogP contribution in [-0.4, -0.2) is 19.5 Å². The highest BCUT2D eigenvalue weighted by Crippen LogP contribution is 2.33. The third-order valence-electron chi connectivity index (χ3n) is 3.89. The van der Waals surface area contributed by atoms with Crippen LogP contribution in [0.2, 0.25) is 15.2 Å². The first kappa shape index (κ1) is 17.7. The fraction of sp³-hybridized carbons (Fsp3) is 0.0556. The lowest BCUT2D eigenvalue weighted by atomic mass is 10.2. The highest BCUT2D eigenvalue weighted by atomic mass is 79.9. The van der Waals surface area contributed by atoms with Gasteiger partial charge in [-0.25, -0.2) is 15.0 Å². The predicted molar refractivity (Wildman–Crippen MR) is 109 cm³/mol. The van der Waals surface area contributed by atoms with Crippen molar-refractivity contribution in [2.45, 2.75) is 6.54 Å². The van der Waals surface area contributed by atoms with Gasteiger partial charge < -0.3 is 4.57 Å². The Morgan fingerprint density at radius 1 is 1.00 bits per heavy atom. The number of rotatable bonds is 3. The molecule has 0 spiro atoms. The molecule has 8 heteroatoms. The quantitative estimate of drug-likeness (QED) is 0.333. The molecule has 0 bridgehead atoms. The van der Waals surface area contributed by atoms with Crippen molar-refractivity contribution in [3.05, 3.63) is 74.0 Å². The molecular weight excluding hydrogens is 458 g/mol. The number of imidazole rings is 1. The number of halogens is 4. The first-order valence-corrected chi connectivity index (χ1v) is 9.52. The molecule has 0 saturated carbocycles. The molecule has 0 saturated heterocycles.